The Kier molecular flexibility index (Phi) is 8.01. The van der Waals surface area contributed by atoms with Gasteiger partial charge in [0.2, 0.25) is 11.6 Å². The van der Waals surface area contributed by atoms with Gasteiger partial charge in [0.05, 0.1) is 0 Å². The SMILES string of the molecule is CC(C)c1ccccc1OCC(=O)Nc1nonc1NC(=O)COc1ccccc1C(C)C. The van der Waals surface area contributed by atoms with Crippen LogP contribution in [0.3, 0.4) is 0 Å². The van der Waals surface area contributed by atoms with E-state index in [-0.39, 0.29) is 36.7 Å². The normalized spacial score (nSPS) is 10.8. The van der Waals surface area contributed by atoms with Gasteiger partial charge in [-0.25, -0.2) is 4.63 Å². The Hall–Kier alpha value is -3.88. The van der Waals surface area contributed by atoms with Crippen LogP contribution in [0, 0.1) is 0 Å². The summed E-state index contributed by atoms with van der Waals surface area (Å²) in [7, 11) is 0. The van der Waals surface area contributed by atoms with E-state index in [0.29, 0.717) is 11.5 Å². The maximum absolute atomic E-state index is 12.3. The highest BCUT2D eigenvalue weighted by Crippen LogP contribution is 2.27. The summed E-state index contributed by atoms with van der Waals surface area (Å²) in [6, 6.07) is 15.1. The third-order valence-electron chi connectivity index (χ3n) is 4.80. The minimum Gasteiger partial charge on any atom is -0.483 e. The molecule has 2 N–H and O–H groups in total. The average Bonchev–Trinajstić information content (AvgIpc) is 3.22. The molecule has 9 heteroatoms. The van der Waals surface area contributed by atoms with E-state index >= 15 is 0 Å². The Bertz CT molecular complexity index is 1010. The first-order valence-electron chi connectivity index (χ1n) is 10.7. The van der Waals surface area contributed by atoms with Gasteiger partial charge in [-0.15, -0.1) is 0 Å². The van der Waals surface area contributed by atoms with Gasteiger partial charge in [0.15, 0.2) is 13.2 Å². The average molecular weight is 453 g/mol. The number of benzene rings is 2. The number of nitrogens with zero attached hydrogens (tertiary/aromatic N) is 2. The number of amides is 2. The van der Waals surface area contributed by atoms with Gasteiger partial charge in [-0.1, -0.05) is 64.1 Å². The molecular formula is C24H28N4O5. The second kappa shape index (κ2) is 11.1. The highest BCUT2D eigenvalue weighted by Gasteiger charge is 2.18. The topological polar surface area (TPSA) is 116 Å². The third-order valence-corrected chi connectivity index (χ3v) is 4.80. The number of nitrogens with one attached hydrogen (secondary N) is 2. The molecule has 3 rings (SSSR count). The summed E-state index contributed by atoms with van der Waals surface area (Å²) < 4.78 is 16.0. The van der Waals surface area contributed by atoms with Gasteiger partial charge in [-0.05, 0) is 45.4 Å². The second-order valence-corrected chi connectivity index (χ2v) is 8.02. The molecule has 0 aliphatic rings. The third kappa shape index (κ3) is 6.55. The van der Waals surface area contributed by atoms with Crippen molar-refractivity contribution in [3.63, 3.8) is 0 Å². The van der Waals surface area contributed by atoms with E-state index in [0.717, 1.165) is 11.1 Å². The summed E-state index contributed by atoms with van der Waals surface area (Å²) in [6.07, 6.45) is 0. The molecule has 0 radical (unpaired) electrons. The van der Waals surface area contributed by atoms with E-state index in [1.54, 1.807) is 0 Å². The Morgan fingerprint density at radius 1 is 0.758 bits per heavy atom. The molecule has 0 fully saturated rings. The van der Waals surface area contributed by atoms with Gasteiger partial charge in [-0.2, -0.15) is 0 Å². The molecule has 1 heterocycles. The zero-order valence-electron chi connectivity index (χ0n) is 19.1. The highest BCUT2D eigenvalue weighted by molar-refractivity contribution is 5.98. The Morgan fingerprint density at radius 3 is 1.55 bits per heavy atom. The first-order valence-corrected chi connectivity index (χ1v) is 10.7. The van der Waals surface area contributed by atoms with Crippen LogP contribution in [0.2, 0.25) is 0 Å². The van der Waals surface area contributed by atoms with Crippen LogP contribution in [0.4, 0.5) is 11.6 Å². The molecule has 0 aliphatic heterocycles. The summed E-state index contributed by atoms with van der Waals surface area (Å²) in [5, 5.41) is 12.3. The van der Waals surface area contributed by atoms with E-state index < -0.39 is 11.8 Å². The lowest BCUT2D eigenvalue weighted by atomic mass is 10.0. The first-order chi connectivity index (χ1) is 15.8. The summed E-state index contributed by atoms with van der Waals surface area (Å²) in [5.74, 6) is 0.791. The number of aromatic nitrogens is 2. The molecule has 0 atom stereocenters. The molecule has 3 aromatic rings. The molecule has 2 aromatic carbocycles. The smallest absolute Gasteiger partial charge is 0.263 e. The number of carbonyl (C=O) groups is 2. The van der Waals surface area contributed by atoms with Gasteiger partial charge in [0, 0.05) is 0 Å². The first kappa shape index (κ1) is 23.8. The van der Waals surface area contributed by atoms with Crippen LogP contribution >= 0.6 is 0 Å². The van der Waals surface area contributed by atoms with Crippen LogP contribution < -0.4 is 20.1 Å². The number of rotatable bonds is 10. The van der Waals surface area contributed by atoms with Crippen molar-refractivity contribution in [2.24, 2.45) is 0 Å². The monoisotopic (exact) mass is 452 g/mol. The highest BCUT2D eigenvalue weighted by atomic mass is 16.6. The number of para-hydroxylation sites is 2. The molecule has 0 bridgehead atoms. The van der Waals surface area contributed by atoms with Gasteiger partial charge in [0.25, 0.3) is 11.8 Å². The zero-order chi connectivity index (χ0) is 23.8. The Labute approximate surface area is 192 Å². The van der Waals surface area contributed by atoms with Crippen molar-refractivity contribution in [2.75, 3.05) is 23.8 Å². The van der Waals surface area contributed by atoms with Crippen LogP contribution in [0.15, 0.2) is 53.2 Å². The van der Waals surface area contributed by atoms with Crippen LogP contribution in [0.25, 0.3) is 0 Å². The molecule has 0 saturated carbocycles. The van der Waals surface area contributed by atoms with Gasteiger partial charge in [-0.3, -0.25) is 9.59 Å². The van der Waals surface area contributed by atoms with Crippen LogP contribution in [-0.4, -0.2) is 35.3 Å². The minimum atomic E-state index is -0.470. The summed E-state index contributed by atoms with van der Waals surface area (Å²) in [6.45, 7) is 7.71. The fourth-order valence-corrected chi connectivity index (χ4v) is 3.15. The molecule has 33 heavy (non-hydrogen) atoms. The van der Waals surface area contributed by atoms with Crippen molar-refractivity contribution in [3.05, 3.63) is 59.7 Å². The minimum absolute atomic E-state index is 0.0170. The van der Waals surface area contributed by atoms with Gasteiger partial charge >= 0.3 is 0 Å². The Morgan fingerprint density at radius 2 is 1.15 bits per heavy atom. The fourth-order valence-electron chi connectivity index (χ4n) is 3.15. The number of hydrogen-bond acceptors (Lipinski definition) is 7. The van der Waals surface area contributed by atoms with Gasteiger partial charge < -0.3 is 20.1 Å². The predicted octanol–water partition coefficient (Wildman–Crippen LogP) is 4.35. The number of ether oxygens (including phenoxy) is 2. The lowest BCUT2D eigenvalue weighted by Gasteiger charge is -2.14. The zero-order valence-corrected chi connectivity index (χ0v) is 19.1. The summed E-state index contributed by atoms with van der Waals surface area (Å²) >= 11 is 0. The van der Waals surface area contributed by atoms with E-state index in [2.05, 4.69) is 25.6 Å². The van der Waals surface area contributed by atoms with Crippen LogP contribution in [0.5, 0.6) is 11.5 Å². The number of carbonyl (C=O) groups excluding carboxylic acids is 2. The van der Waals surface area contributed by atoms with E-state index in [9.17, 15) is 9.59 Å². The van der Waals surface area contributed by atoms with Crippen molar-refractivity contribution in [2.45, 2.75) is 39.5 Å². The van der Waals surface area contributed by atoms with Crippen molar-refractivity contribution in [3.8, 4) is 11.5 Å². The number of hydrogen-bond donors (Lipinski definition) is 2. The maximum atomic E-state index is 12.3. The molecular weight excluding hydrogens is 424 g/mol. The van der Waals surface area contributed by atoms with Crippen LogP contribution in [-0.2, 0) is 9.59 Å². The molecule has 0 spiro atoms. The summed E-state index contributed by atoms with van der Waals surface area (Å²) in [4.78, 5) is 24.7. The van der Waals surface area contributed by atoms with Crippen molar-refractivity contribution >= 4 is 23.5 Å². The maximum Gasteiger partial charge on any atom is 0.263 e. The standard InChI is InChI=1S/C24H28N4O5/c1-15(2)17-9-5-7-11-19(17)31-13-21(29)25-23-24(28-33-27-23)26-22(30)14-32-20-12-8-6-10-18(20)16(3)4/h5-12,15-16H,13-14H2,1-4H3,(H,25,27,29)(H,26,28,30). The lowest BCUT2D eigenvalue weighted by molar-refractivity contribution is -0.119. The lowest BCUT2D eigenvalue weighted by Crippen LogP contribution is -2.24. The molecule has 1 aromatic heterocycles. The molecule has 0 saturated heterocycles. The van der Waals surface area contributed by atoms with Crippen molar-refractivity contribution < 1.29 is 23.7 Å². The van der Waals surface area contributed by atoms with E-state index in [1.165, 1.54) is 0 Å². The van der Waals surface area contributed by atoms with Crippen LogP contribution in [0.1, 0.15) is 50.7 Å². The molecule has 174 valence electrons. The number of anilines is 2. The summed E-state index contributed by atoms with van der Waals surface area (Å²) in [5.41, 5.74) is 2.00. The fraction of sp³-hybridized carbons (Fsp3) is 0.333. The van der Waals surface area contributed by atoms with Crippen molar-refractivity contribution in [1.29, 1.82) is 0 Å². The van der Waals surface area contributed by atoms with E-state index in [1.807, 2.05) is 76.2 Å². The second-order valence-electron chi connectivity index (χ2n) is 8.02. The largest absolute Gasteiger partial charge is 0.483 e. The van der Waals surface area contributed by atoms with E-state index in [4.69, 9.17) is 9.47 Å². The molecule has 0 aliphatic carbocycles. The quantitative estimate of drug-likeness (QED) is 0.470. The predicted molar refractivity (Wildman–Crippen MR) is 124 cm³/mol. The van der Waals surface area contributed by atoms with Gasteiger partial charge in [0.1, 0.15) is 11.5 Å². The molecule has 0 unspecified atom stereocenters. The molecule has 9 nitrogen and oxygen atoms in total. The Balaban J connectivity index is 1.53. The molecule has 2 amide bonds. The van der Waals surface area contributed by atoms with Crippen molar-refractivity contribution in [1.82, 2.24) is 10.3 Å².